The molecule has 7 nitrogen and oxygen atoms in total. The molecule has 0 atom stereocenters. The first-order chi connectivity index (χ1) is 18.5. The zero-order chi connectivity index (χ0) is 28.9. The summed E-state index contributed by atoms with van der Waals surface area (Å²) in [4.78, 5) is 26.4. The summed E-state index contributed by atoms with van der Waals surface area (Å²) in [5.74, 6) is 0. The molecular formula is C30H42Br2N2O5. The molecule has 39 heavy (non-hydrogen) atoms. The van der Waals surface area contributed by atoms with Crippen molar-refractivity contribution in [3.8, 4) is 0 Å². The highest BCUT2D eigenvalue weighted by atomic mass is 79.9. The average molecular weight is 670 g/mol. The minimum Gasteiger partial charge on any atom is -0.450 e. The summed E-state index contributed by atoms with van der Waals surface area (Å²) in [7, 11) is 0. The second kappa shape index (κ2) is 16.2. The topological polar surface area (TPSA) is 79.3 Å². The maximum Gasteiger partial charge on any atom is 0.409 e. The van der Waals surface area contributed by atoms with Gasteiger partial charge >= 0.3 is 12.2 Å². The molecule has 2 saturated heterocycles. The van der Waals surface area contributed by atoms with Crippen LogP contribution in [0.5, 0.6) is 0 Å². The van der Waals surface area contributed by atoms with Crippen molar-refractivity contribution in [2.24, 2.45) is 0 Å². The molecule has 0 bridgehead atoms. The molecule has 1 N–H and O–H groups in total. The Labute approximate surface area is 250 Å². The van der Waals surface area contributed by atoms with E-state index in [2.05, 4.69) is 63.0 Å². The molecule has 4 rings (SSSR count). The van der Waals surface area contributed by atoms with Crippen LogP contribution in [0.3, 0.4) is 0 Å². The van der Waals surface area contributed by atoms with E-state index < -0.39 is 5.60 Å². The van der Waals surface area contributed by atoms with Crippen LogP contribution in [0.2, 0.25) is 0 Å². The first kappa shape index (κ1) is 33.1. The second-order valence-corrected chi connectivity index (χ2v) is 12.1. The molecule has 0 spiro atoms. The van der Waals surface area contributed by atoms with Crippen molar-refractivity contribution in [1.82, 2.24) is 9.80 Å². The van der Waals surface area contributed by atoms with E-state index in [9.17, 15) is 14.7 Å². The minimum atomic E-state index is -0.608. The van der Waals surface area contributed by atoms with Gasteiger partial charge in [0.2, 0.25) is 0 Å². The number of rotatable bonds is 3. The molecule has 2 heterocycles. The number of likely N-dealkylation sites (tertiary alicyclic amines) is 2. The number of ether oxygens (including phenoxy) is 2. The molecule has 2 aromatic carbocycles. The van der Waals surface area contributed by atoms with Crippen LogP contribution in [0.1, 0.15) is 58.9 Å². The van der Waals surface area contributed by atoms with Crippen LogP contribution in [0.15, 0.2) is 63.5 Å². The molecule has 2 aromatic rings. The van der Waals surface area contributed by atoms with E-state index >= 15 is 0 Å². The third-order valence-corrected chi connectivity index (χ3v) is 8.09. The summed E-state index contributed by atoms with van der Waals surface area (Å²) in [5.41, 5.74) is 0.895. The predicted octanol–water partition coefficient (Wildman–Crippen LogP) is 7.40. The molecule has 9 heteroatoms. The number of carbonyl (C=O) groups excluding carboxylic acids is 2. The van der Waals surface area contributed by atoms with E-state index in [4.69, 9.17) is 9.47 Å². The number of carbonyl (C=O) groups is 2. The monoisotopic (exact) mass is 668 g/mol. The van der Waals surface area contributed by atoms with Crippen LogP contribution in [-0.4, -0.2) is 72.1 Å². The van der Waals surface area contributed by atoms with Gasteiger partial charge in [0.25, 0.3) is 0 Å². The van der Waals surface area contributed by atoms with Gasteiger partial charge in [-0.15, -0.1) is 0 Å². The number of halogens is 2. The highest BCUT2D eigenvalue weighted by Crippen LogP contribution is 2.35. The van der Waals surface area contributed by atoms with Gasteiger partial charge in [-0.1, -0.05) is 69.1 Å². The lowest BCUT2D eigenvalue weighted by Gasteiger charge is -2.39. The fraction of sp³-hybridized carbons (Fsp3) is 0.533. The first-order valence-electron chi connectivity index (χ1n) is 13.5. The lowest BCUT2D eigenvalue weighted by atomic mass is 9.75. The van der Waals surface area contributed by atoms with Gasteiger partial charge in [-0.25, -0.2) is 9.59 Å². The van der Waals surface area contributed by atoms with Crippen molar-refractivity contribution in [3.63, 3.8) is 0 Å². The zero-order valence-electron chi connectivity index (χ0n) is 23.5. The van der Waals surface area contributed by atoms with Gasteiger partial charge in [0, 0.05) is 35.1 Å². The Kier molecular flexibility index (Phi) is 13.8. The SMILES string of the molecule is Brc1ccccc1.CCOC(=O)N1CCC(C)(O)CC1.CCOC(=O)N1CCC(C)(c2ccc(Br)cc2)CC1. The smallest absolute Gasteiger partial charge is 0.409 e. The number of nitrogens with zero attached hydrogens (tertiary/aromatic N) is 2. The van der Waals surface area contributed by atoms with Crippen molar-refractivity contribution in [3.05, 3.63) is 69.1 Å². The summed E-state index contributed by atoms with van der Waals surface area (Å²) < 4.78 is 12.1. The van der Waals surface area contributed by atoms with Crippen LogP contribution in [0, 0.1) is 0 Å². The predicted molar refractivity (Wildman–Crippen MR) is 162 cm³/mol. The van der Waals surface area contributed by atoms with Crippen LogP contribution < -0.4 is 0 Å². The summed E-state index contributed by atoms with van der Waals surface area (Å²) in [5, 5.41) is 9.63. The summed E-state index contributed by atoms with van der Waals surface area (Å²) in [6, 6.07) is 18.5. The fourth-order valence-electron chi connectivity index (χ4n) is 4.34. The Morgan fingerprint density at radius 1 is 0.744 bits per heavy atom. The number of piperidine rings is 2. The summed E-state index contributed by atoms with van der Waals surface area (Å²) >= 11 is 6.77. The molecular weight excluding hydrogens is 628 g/mol. The van der Waals surface area contributed by atoms with Crippen LogP contribution in [0.25, 0.3) is 0 Å². The van der Waals surface area contributed by atoms with E-state index in [0.717, 1.165) is 34.9 Å². The van der Waals surface area contributed by atoms with E-state index in [1.807, 2.05) is 42.2 Å². The maximum atomic E-state index is 11.7. The first-order valence-corrected chi connectivity index (χ1v) is 15.1. The third-order valence-electron chi connectivity index (χ3n) is 7.03. The Hall–Kier alpha value is -2.10. The van der Waals surface area contributed by atoms with Gasteiger partial charge in [-0.3, -0.25) is 0 Å². The highest BCUT2D eigenvalue weighted by Gasteiger charge is 2.33. The number of aliphatic hydroxyl groups is 1. The number of benzene rings is 2. The van der Waals surface area contributed by atoms with Gasteiger partial charge in [0.05, 0.1) is 18.8 Å². The van der Waals surface area contributed by atoms with E-state index in [1.54, 1.807) is 18.7 Å². The molecule has 0 aliphatic carbocycles. The molecule has 0 radical (unpaired) electrons. The highest BCUT2D eigenvalue weighted by molar-refractivity contribution is 9.10. The summed E-state index contributed by atoms with van der Waals surface area (Å²) in [6.07, 6.45) is 2.77. The molecule has 216 valence electrons. The molecule has 0 saturated carbocycles. The van der Waals surface area contributed by atoms with Crippen molar-refractivity contribution < 1.29 is 24.2 Å². The molecule has 2 aliphatic heterocycles. The van der Waals surface area contributed by atoms with Gasteiger partial charge < -0.3 is 24.4 Å². The van der Waals surface area contributed by atoms with Crippen molar-refractivity contribution in [2.45, 2.75) is 64.4 Å². The summed E-state index contributed by atoms with van der Waals surface area (Å²) in [6.45, 7) is 11.3. The molecule has 2 fully saturated rings. The number of amides is 2. The van der Waals surface area contributed by atoms with E-state index in [-0.39, 0.29) is 17.6 Å². The fourth-order valence-corrected chi connectivity index (χ4v) is 4.91. The Balaban J connectivity index is 0.000000229. The van der Waals surface area contributed by atoms with Crippen molar-refractivity contribution in [1.29, 1.82) is 0 Å². The van der Waals surface area contributed by atoms with Gasteiger partial charge in [-0.05, 0) is 81.7 Å². The largest absolute Gasteiger partial charge is 0.450 e. The van der Waals surface area contributed by atoms with Crippen LogP contribution in [-0.2, 0) is 14.9 Å². The Morgan fingerprint density at radius 2 is 1.15 bits per heavy atom. The van der Waals surface area contributed by atoms with Crippen molar-refractivity contribution in [2.75, 3.05) is 39.4 Å². The molecule has 2 aliphatic rings. The van der Waals surface area contributed by atoms with Crippen LogP contribution >= 0.6 is 31.9 Å². The average Bonchev–Trinajstić information content (AvgIpc) is 2.91. The lowest BCUT2D eigenvalue weighted by Crippen LogP contribution is -2.45. The van der Waals surface area contributed by atoms with Gasteiger partial charge in [-0.2, -0.15) is 0 Å². The standard InChI is InChI=1S/C15H20BrNO2.C9H17NO3.C6H5Br/c1-3-19-14(18)17-10-8-15(2,9-11-17)12-4-6-13(16)7-5-12;1-3-13-8(11)10-6-4-9(2,12)5-7-10;7-6-4-2-1-3-5-6/h4-7H,3,8-11H2,1-2H3;12H,3-7H2,1-2H3;1-5H. The molecule has 2 amide bonds. The normalized spacial score (nSPS) is 17.5. The van der Waals surface area contributed by atoms with Crippen molar-refractivity contribution >= 4 is 44.0 Å². The van der Waals surface area contributed by atoms with E-state index in [1.165, 1.54) is 5.56 Å². The maximum absolute atomic E-state index is 11.7. The quantitative estimate of drug-likeness (QED) is 0.369. The number of hydrogen-bond donors (Lipinski definition) is 1. The zero-order valence-corrected chi connectivity index (χ0v) is 26.7. The van der Waals surface area contributed by atoms with Gasteiger partial charge in [0.1, 0.15) is 0 Å². The third kappa shape index (κ3) is 11.5. The Bertz CT molecular complexity index is 1000. The van der Waals surface area contributed by atoms with E-state index in [0.29, 0.717) is 39.1 Å². The second-order valence-electron chi connectivity index (χ2n) is 10.2. The molecule has 0 unspecified atom stereocenters. The lowest BCUT2D eigenvalue weighted by molar-refractivity contribution is -0.00527. The van der Waals surface area contributed by atoms with Gasteiger partial charge in [0.15, 0.2) is 0 Å². The molecule has 0 aromatic heterocycles. The minimum absolute atomic E-state index is 0.156. The Morgan fingerprint density at radius 3 is 1.54 bits per heavy atom. The van der Waals surface area contributed by atoms with Crippen LogP contribution in [0.4, 0.5) is 9.59 Å². The number of hydrogen-bond acceptors (Lipinski definition) is 5.